The summed E-state index contributed by atoms with van der Waals surface area (Å²) in [5.41, 5.74) is 6.11. The summed E-state index contributed by atoms with van der Waals surface area (Å²) in [4.78, 5) is -0.0243. The van der Waals surface area contributed by atoms with E-state index in [1.807, 2.05) is 6.07 Å². The van der Waals surface area contributed by atoms with E-state index in [4.69, 9.17) is 11.0 Å². The van der Waals surface area contributed by atoms with Crippen molar-refractivity contribution < 1.29 is 13.5 Å². The Morgan fingerprint density at radius 1 is 1.38 bits per heavy atom. The fourth-order valence-corrected chi connectivity index (χ4v) is 4.16. The van der Waals surface area contributed by atoms with Crippen LogP contribution < -0.4 is 10.5 Å². The van der Waals surface area contributed by atoms with Crippen LogP contribution in [0, 0.1) is 17.2 Å². The zero-order chi connectivity index (χ0) is 15.5. The van der Waals surface area contributed by atoms with Crippen LogP contribution in [0.3, 0.4) is 0 Å². The number of nitriles is 1. The van der Waals surface area contributed by atoms with E-state index in [0.29, 0.717) is 12.0 Å². The summed E-state index contributed by atoms with van der Waals surface area (Å²) < 4.78 is 27.5. The van der Waals surface area contributed by atoms with Crippen molar-refractivity contribution in [3.8, 4) is 6.07 Å². The average Bonchev–Trinajstić information content (AvgIpc) is 2.47. The molecule has 0 spiro atoms. The highest BCUT2D eigenvalue weighted by Gasteiger charge is 2.29. The highest BCUT2D eigenvalue weighted by atomic mass is 32.2. The second kappa shape index (κ2) is 6.43. The molecule has 0 radical (unpaired) electrons. The summed E-state index contributed by atoms with van der Waals surface area (Å²) in [5, 5.41) is 18.1. The maximum absolute atomic E-state index is 12.4. The summed E-state index contributed by atoms with van der Waals surface area (Å²) in [6.45, 7) is -0.0317. The molecular formula is C14H19N3O3S. The predicted octanol–water partition coefficient (Wildman–Crippen LogP) is 0.970. The minimum absolute atomic E-state index is 0.0243. The second-order valence-electron chi connectivity index (χ2n) is 5.32. The molecule has 0 saturated heterocycles. The van der Waals surface area contributed by atoms with E-state index in [9.17, 15) is 13.5 Å². The van der Waals surface area contributed by atoms with Crippen molar-refractivity contribution in [2.24, 2.45) is 5.92 Å². The van der Waals surface area contributed by atoms with Gasteiger partial charge in [0.2, 0.25) is 10.0 Å². The van der Waals surface area contributed by atoms with Crippen LogP contribution in [-0.4, -0.2) is 26.2 Å². The molecule has 1 aromatic rings. The molecule has 1 fully saturated rings. The van der Waals surface area contributed by atoms with Gasteiger partial charge in [-0.15, -0.1) is 0 Å². The zero-order valence-electron chi connectivity index (χ0n) is 11.6. The molecule has 0 bridgehead atoms. The van der Waals surface area contributed by atoms with Crippen LogP contribution in [0.2, 0.25) is 0 Å². The number of hydrogen-bond acceptors (Lipinski definition) is 5. The first kappa shape index (κ1) is 15.8. The van der Waals surface area contributed by atoms with E-state index in [2.05, 4.69) is 4.72 Å². The quantitative estimate of drug-likeness (QED) is 0.717. The molecule has 1 saturated carbocycles. The first-order chi connectivity index (χ1) is 9.97. The largest absolute Gasteiger partial charge is 0.398 e. The molecule has 4 N–H and O–H groups in total. The Balaban J connectivity index is 2.24. The number of anilines is 1. The van der Waals surface area contributed by atoms with Gasteiger partial charge >= 0.3 is 0 Å². The topological polar surface area (TPSA) is 116 Å². The van der Waals surface area contributed by atoms with Gasteiger partial charge in [-0.05, 0) is 37.0 Å². The molecule has 2 unspecified atom stereocenters. The third-order valence-electron chi connectivity index (χ3n) is 3.88. The monoisotopic (exact) mass is 309 g/mol. The van der Waals surface area contributed by atoms with Crippen LogP contribution in [0.5, 0.6) is 0 Å². The normalized spacial score (nSPS) is 22.7. The molecule has 6 nitrogen and oxygen atoms in total. The van der Waals surface area contributed by atoms with E-state index >= 15 is 0 Å². The van der Waals surface area contributed by atoms with Gasteiger partial charge in [-0.1, -0.05) is 12.8 Å². The summed E-state index contributed by atoms with van der Waals surface area (Å²) in [6, 6.07) is 5.75. The molecule has 1 aromatic carbocycles. The first-order valence-corrected chi connectivity index (χ1v) is 8.39. The van der Waals surface area contributed by atoms with Crippen LogP contribution in [0.15, 0.2) is 23.1 Å². The number of hydrogen-bond donors (Lipinski definition) is 3. The highest BCUT2D eigenvalue weighted by Crippen LogP contribution is 2.27. The smallest absolute Gasteiger partial charge is 0.242 e. The molecule has 1 aliphatic rings. The van der Waals surface area contributed by atoms with E-state index in [1.165, 1.54) is 18.2 Å². The minimum atomic E-state index is -3.75. The fourth-order valence-electron chi connectivity index (χ4n) is 2.71. The van der Waals surface area contributed by atoms with Crippen LogP contribution in [0.4, 0.5) is 5.69 Å². The second-order valence-corrected chi connectivity index (χ2v) is 7.00. The Morgan fingerprint density at radius 2 is 2.10 bits per heavy atom. The lowest BCUT2D eigenvalue weighted by Crippen LogP contribution is -2.43. The molecular weight excluding hydrogens is 290 g/mol. The van der Waals surface area contributed by atoms with Gasteiger partial charge in [-0.3, -0.25) is 0 Å². The van der Waals surface area contributed by atoms with Crippen molar-refractivity contribution in [3.63, 3.8) is 0 Å². The summed E-state index contributed by atoms with van der Waals surface area (Å²) in [7, 11) is -3.75. The molecule has 2 atom stereocenters. The van der Waals surface area contributed by atoms with E-state index < -0.39 is 10.0 Å². The Kier molecular flexibility index (Phi) is 4.83. The number of rotatable bonds is 4. The number of nitrogens with one attached hydrogen (secondary N) is 1. The maximum atomic E-state index is 12.4. The number of nitrogens with zero attached hydrogens (tertiary/aromatic N) is 1. The lowest BCUT2D eigenvalue weighted by molar-refractivity contribution is 0.164. The molecule has 7 heteroatoms. The van der Waals surface area contributed by atoms with Crippen LogP contribution in [0.1, 0.15) is 31.2 Å². The molecule has 0 aliphatic heterocycles. The summed E-state index contributed by atoms with van der Waals surface area (Å²) >= 11 is 0. The molecule has 0 heterocycles. The average molecular weight is 309 g/mol. The number of nitrogens with two attached hydrogens (primary N) is 1. The Bertz CT molecular complexity index is 652. The van der Waals surface area contributed by atoms with Crippen molar-refractivity contribution in [1.82, 2.24) is 4.72 Å². The van der Waals surface area contributed by atoms with Crippen molar-refractivity contribution in [2.45, 2.75) is 36.6 Å². The lowest BCUT2D eigenvalue weighted by Gasteiger charge is -2.30. The van der Waals surface area contributed by atoms with Gasteiger partial charge in [0, 0.05) is 12.6 Å². The third-order valence-corrected chi connectivity index (χ3v) is 5.44. The van der Waals surface area contributed by atoms with Crippen molar-refractivity contribution in [3.05, 3.63) is 23.8 Å². The number of aliphatic hydroxyl groups excluding tert-OH is 1. The van der Waals surface area contributed by atoms with Gasteiger partial charge in [0.05, 0.1) is 17.3 Å². The zero-order valence-corrected chi connectivity index (χ0v) is 12.4. The van der Waals surface area contributed by atoms with E-state index in [1.54, 1.807) is 0 Å². The lowest BCUT2D eigenvalue weighted by atomic mass is 9.86. The summed E-state index contributed by atoms with van der Waals surface area (Å²) in [5.74, 6) is -0.0619. The standard InChI is InChI=1S/C14H19N3O3S/c15-8-10-5-6-14(12(16)7-10)21(19,20)17-13-4-2-1-3-11(13)9-18/h5-7,11,13,17-18H,1-4,9,16H2. The molecule has 2 rings (SSSR count). The predicted molar refractivity (Wildman–Crippen MR) is 78.7 cm³/mol. The Labute approximate surface area is 124 Å². The number of sulfonamides is 1. The van der Waals surface area contributed by atoms with Crippen LogP contribution in [0.25, 0.3) is 0 Å². The van der Waals surface area contributed by atoms with Crippen molar-refractivity contribution in [1.29, 1.82) is 5.26 Å². The van der Waals surface area contributed by atoms with Gasteiger partial charge < -0.3 is 10.8 Å². The molecule has 0 amide bonds. The van der Waals surface area contributed by atoms with E-state index in [0.717, 1.165) is 19.3 Å². The van der Waals surface area contributed by atoms with Crippen LogP contribution in [-0.2, 0) is 10.0 Å². The Morgan fingerprint density at radius 3 is 2.71 bits per heavy atom. The molecule has 0 aromatic heterocycles. The fraction of sp³-hybridized carbons (Fsp3) is 0.500. The van der Waals surface area contributed by atoms with Crippen LogP contribution >= 0.6 is 0 Å². The first-order valence-electron chi connectivity index (χ1n) is 6.90. The number of aliphatic hydroxyl groups is 1. The van der Waals surface area contributed by atoms with Gasteiger partial charge in [-0.25, -0.2) is 13.1 Å². The van der Waals surface area contributed by atoms with Gasteiger partial charge in [-0.2, -0.15) is 5.26 Å². The summed E-state index contributed by atoms with van der Waals surface area (Å²) in [6.07, 6.45) is 3.46. The van der Waals surface area contributed by atoms with Gasteiger partial charge in [0.1, 0.15) is 4.90 Å². The third kappa shape index (κ3) is 3.53. The minimum Gasteiger partial charge on any atom is -0.398 e. The Hall–Kier alpha value is -1.62. The number of nitrogen functional groups attached to an aromatic ring is 1. The van der Waals surface area contributed by atoms with E-state index in [-0.39, 0.29) is 29.1 Å². The van der Waals surface area contributed by atoms with Crippen molar-refractivity contribution in [2.75, 3.05) is 12.3 Å². The van der Waals surface area contributed by atoms with Gasteiger partial charge in [0.25, 0.3) is 0 Å². The number of benzene rings is 1. The SMILES string of the molecule is N#Cc1ccc(S(=O)(=O)NC2CCCCC2CO)c(N)c1. The maximum Gasteiger partial charge on any atom is 0.242 e. The molecule has 1 aliphatic carbocycles. The highest BCUT2D eigenvalue weighted by molar-refractivity contribution is 7.89. The molecule has 21 heavy (non-hydrogen) atoms. The van der Waals surface area contributed by atoms with Crippen molar-refractivity contribution >= 4 is 15.7 Å². The van der Waals surface area contributed by atoms with Gasteiger partial charge in [0.15, 0.2) is 0 Å². The molecule has 114 valence electrons.